The maximum Gasteiger partial charge on any atom is 0.404 e. The van der Waals surface area contributed by atoms with Crippen LogP contribution in [0, 0.1) is 6.92 Å². The van der Waals surface area contributed by atoms with Crippen LogP contribution < -0.4 is 16.6 Å². The van der Waals surface area contributed by atoms with Crippen LogP contribution in [0.2, 0.25) is 5.22 Å². The van der Waals surface area contributed by atoms with E-state index in [1.807, 2.05) is 16.9 Å². The fourth-order valence-corrected chi connectivity index (χ4v) is 6.81. The summed E-state index contributed by atoms with van der Waals surface area (Å²) in [5, 5.41) is 14.2. The molecule has 5 rings (SSSR count). The number of rotatable bonds is 4. The fourth-order valence-electron chi connectivity index (χ4n) is 4.37. The first kappa shape index (κ1) is 22.8. The van der Waals surface area contributed by atoms with Gasteiger partial charge in [-0.2, -0.15) is 0 Å². The van der Waals surface area contributed by atoms with Crippen LogP contribution in [0.4, 0.5) is 4.79 Å². The van der Waals surface area contributed by atoms with Crippen molar-refractivity contribution in [3.63, 3.8) is 0 Å². The summed E-state index contributed by atoms with van der Waals surface area (Å²) in [6, 6.07) is 3.39. The Morgan fingerprint density at radius 2 is 2.09 bits per heavy atom. The molecule has 0 spiro atoms. The molecule has 10 nitrogen and oxygen atoms in total. The van der Waals surface area contributed by atoms with Crippen molar-refractivity contribution < 1.29 is 14.3 Å². The van der Waals surface area contributed by atoms with E-state index in [1.54, 1.807) is 19.2 Å². The van der Waals surface area contributed by atoms with Gasteiger partial charge in [-0.15, -0.1) is 23.1 Å². The molecule has 0 fully saturated rings. The zero-order valence-electron chi connectivity index (χ0n) is 18.4. The average Bonchev–Trinajstić information content (AvgIpc) is 3.50. The molecule has 34 heavy (non-hydrogen) atoms. The summed E-state index contributed by atoms with van der Waals surface area (Å²) >= 11 is 8.99. The average molecular weight is 522 g/mol. The Bertz CT molecular complexity index is 1560. The molecule has 4 aromatic heterocycles. The maximum absolute atomic E-state index is 13.4. The van der Waals surface area contributed by atoms with Crippen LogP contribution in [0.15, 0.2) is 31.5 Å². The van der Waals surface area contributed by atoms with E-state index in [4.69, 9.17) is 21.1 Å². The molecule has 0 saturated carbocycles. The molecule has 0 unspecified atom stereocenters. The second kappa shape index (κ2) is 8.36. The van der Waals surface area contributed by atoms with Crippen LogP contribution in [-0.2, 0) is 20.6 Å². The lowest BCUT2D eigenvalue weighted by molar-refractivity contribution is 0.194. The van der Waals surface area contributed by atoms with Gasteiger partial charge >= 0.3 is 11.8 Å². The van der Waals surface area contributed by atoms with Gasteiger partial charge in [-0.05, 0) is 30.7 Å². The van der Waals surface area contributed by atoms with Gasteiger partial charge in [0, 0.05) is 43.5 Å². The number of carboxylic acid groups (broad SMARTS) is 1. The number of fused-ring (bicyclic) bond motifs is 3. The molecule has 0 aromatic carbocycles. The Morgan fingerprint density at radius 1 is 1.32 bits per heavy atom. The summed E-state index contributed by atoms with van der Waals surface area (Å²) < 4.78 is 10.3. The number of hydrogen-bond acceptors (Lipinski definition) is 7. The molecule has 1 aliphatic rings. The van der Waals surface area contributed by atoms with Crippen LogP contribution in [-0.4, -0.2) is 41.7 Å². The number of halogens is 1. The van der Waals surface area contributed by atoms with Gasteiger partial charge in [-0.3, -0.25) is 13.9 Å². The van der Waals surface area contributed by atoms with Gasteiger partial charge in [0.1, 0.15) is 16.0 Å². The van der Waals surface area contributed by atoms with Crippen molar-refractivity contribution >= 4 is 51.7 Å². The number of thioether (sulfide) groups is 1. The zero-order chi connectivity index (χ0) is 24.3. The van der Waals surface area contributed by atoms with Gasteiger partial charge in [0.15, 0.2) is 5.22 Å². The molecule has 13 heteroatoms. The van der Waals surface area contributed by atoms with Crippen LogP contribution in [0.5, 0.6) is 0 Å². The van der Waals surface area contributed by atoms with Crippen molar-refractivity contribution in [2.24, 2.45) is 14.1 Å². The van der Waals surface area contributed by atoms with E-state index in [2.05, 4.69) is 10.3 Å². The topological polar surface area (TPSA) is 124 Å². The van der Waals surface area contributed by atoms with E-state index >= 15 is 0 Å². The lowest BCUT2D eigenvalue weighted by atomic mass is 10.2. The van der Waals surface area contributed by atoms with E-state index < -0.39 is 22.6 Å². The van der Waals surface area contributed by atoms with E-state index in [0.29, 0.717) is 33.9 Å². The lowest BCUT2D eigenvalue weighted by Crippen LogP contribution is -2.37. The normalized spacial score (nSPS) is 17.8. The largest absolute Gasteiger partial charge is 0.465 e. The Labute approximate surface area is 205 Å². The highest BCUT2D eigenvalue weighted by Crippen LogP contribution is 2.49. The molecule has 0 radical (unpaired) electrons. The Morgan fingerprint density at radius 3 is 2.71 bits per heavy atom. The van der Waals surface area contributed by atoms with Crippen LogP contribution in [0.25, 0.3) is 21.6 Å². The summed E-state index contributed by atoms with van der Waals surface area (Å²) in [4.78, 5) is 42.2. The van der Waals surface area contributed by atoms with Crippen LogP contribution >= 0.6 is 34.7 Å². The number of thiazole rings is 1. The predicted octanol–water partition coefficient (Wildman–Crippen LogP) is 3.19. The number of aromatic nitrogens is 4. The molecule has 2 atom stereocenters. The Kier molecular flexibility index (Phi) is 5.61. The number of hydrogen-bond donors (Lipinski definition) is 2. The first-order valence-electron chi connectivity index (χ1n) is 10.3. The van der Waals surface area contributed by atoms with E-state index in [-0.39, 0.29) is 17.0 Å². The number of carbonyl (C=O) groups is 1. The van der Waals surface area contributed by atoms with Gasteiger partial charge < -0.3 is 19.4 Å². The molecule has 0 aliphatic carbocycles. The number of amides is 1. The third-order valence-corrected chi connectivity index (χ3v) is 8.42. The minimum atomic E-state index is -1.12. The van der Waals surface area contributed by atoms with Gasteiger partial charge in [0.05, 0.1) is 22.3 Å². The van der Waals surface area contributed by atoms with E-state index in [9.17, 15) is 14.4 Å². The molecule has 1 amide bonds. The van der Waals surface area contributed by atoms with Crippen molar-refractivity contribution in [1.82, 2.24) is 24.0 Å². The number of nitrogens with zero attached hydrogens (tertiary/aromatic N) is 4. The summed E-state index contributed by atoms with van der Waals surface area (Å²) in [6.07, 6.45) is -1.12. The van der Waals surface area contributed by atoms with Gasteiger partial charge in [-0.1, -0.05) is 0 Å². The quantitative estimate of drug-likeness (QED) is 0.422. The molecular weight excluding hydrogens is 502 g/mol. The molecule has 178 valence electrons. The molecule has 2 N–H and O–H groups in total. The molecule has 1 aliphatic heterocycles. The molecule has 0 saturated heterocycles. The third-order valence-electron chi connectivity index (χ3n) is 5.82. The highest BCUT2D eigenvalue weighted by molar-refractivity contribution is 8.00. The second-order valence-corrected chi connectivity index (χ2v) is 10.7. The monoisotopic (exact) mass is 521 g/mol. The first-order valence-corrected chi connectivity index (χ1v) is 12.5. The van der Waals surface area contributed by atoms with Crippen molar-refractivity contribution in [2.45, 2.75) is 24.0 Å². The van der Waals surface area contributed by atoms with E-state index in [1.165, 1.54) is 34.7 Å². The highest BCUT2D eigenvalue weighted by Gasteiger charge is 2.38. The van der Waals surface area contributed by atoms with Gasteiger partial charge in [0.25, 0.3) is 5.56 Å². The second-order valence-electron chi connectivity index (χ2n) is 8.03. The standard InChI is InChI=1S/C21H20ClN5O5S2/c1-9-8-33-18(24-9)15-13-14(25(2)21(31)26(3)19(13)28)16-17(11-4-5-12(22)32-11)34-10(7-27(15)16)6-23-20(29)30/h4-5,8,10,17,23H,6-7H2,1-3H3,(H,29,30)/t10-,17+/m0/s1. The highest BCUT2D eigenvalue weighted by atomic mass is 35.5. The Hall–Kier alpha value is -2.96. The number of nitrogens with one attached hydrogen (secondary N) is 1. The first-order chi connectivity index (χ1) is 16.2. The smallest absolute Gasteiger partial charge is 0.404 e. The molecular formula is C21H20ClN5O5S2. The van der Waals surface area contributed by atoms with Crippen molar-refractivity contribution in [3.05, 3.63) is 60.7 Å². The summed E-state index contributed by atoms with van der Waals surface area (Å²) in [7, 11) is 3.09. The van der Waals surface area contributed by atoms with Crippen molar-refractivity contribution in [3.8, 4) is 10.7 Å². The van der Waals surface area contributed by atoms with Gasteiger partial charge in [-0.25, -0.2) is 14.6 Å². The molecule has 4 aromatic rings. The minimum absolute atomic E-state index is 0.181. The predicted molar refractivity (Wildman–Crippen MR) is 131 cm³/mol. The fraction of sp³-hybridized carbons (Fsp3) is 0.333. The number of furan rings is 1. The SMILES string of the molecule is Cc1csc(-c2c3c(=O)n(C)c(=O)n(C)c3c3n2C[C@H](CNC(=O)O)S[C@@H]3c2ccc(Cl)o2)n1. The Balaban J connectivity index is 1.87. The van der Waals surface area contributed by atoms with Crippen LogP contribution in [0.1, 0.15) is 22.4 Å². The maximum atomic E-state index is 13.4. The van der Waals surface area contributed by atoms with Crippen molar-refractivity contribution in [1.29, 1.82) is 0 Å². The van der Waals surface area contributed by atoms with Crippen molar-refractivity contribution in [2.75, 3.05) is 6.54 Å². The summed E-state index contributed by atoms with van der Waals surface area (Å²) in [5.41, 5.74) is 1.80. The lowest BCUT2D eigenvalue weighted by Gasteiger charge is -2.31. The summed E-state index contributed by atoms with van der Waals surface area (Å²) in [6.45, 7) is 2.47. The number of aryl methyl sites for hydroxylation is 2. The van der Waals surface area contributed by atoms with Gasteiger partial charge in [0.2, 0.25) is 0 Å². The molecule has 0 bridgehead atoms. The zero-order valence-corrected chi connectivity index (χ0v) is 20.8. The third kappa shape index (κ3) is 3.56. The minimum Gasteiger partial charge on any atom is -0.465 e. The molecule has 5 heterocycles. The van der Waals surface area contributed by atoms with Crippen LogP contribution in [0.3, 0.4) is 0 Å². The summed E-state index contributed by atoms with van der Waals surface area (Å²) in [5.74, 6) is 0.547. The van der Waals surface area contributed by atoms with E-state index in [0.717, 1.165) is 16.0 Å².